The molecule has 1 aliphatic rings. The second kappa shape index (κ2) is 7.01. The summed E-state index contributed by atoms with van der Waals surface area (Å²) in [6.07, 6.45) is 2.02. The molecule has 1 aliphatic heterocycles. The van der Waals surface area contributed by atoms with Crippen LogP contribution in [0.5, 0.6) is 0 Å². The van der Waals surface area contributed by atoms with Crippen LogP contribution in [0.3, 0.4) is 0 Å². The highest BCUT2D eigenvalue weighted by molar-refractivity contribution is 7.80. The Morgan fingerprint density at radius 1 is 1.16 bits per heavy atom. The van der Waals surface area contributed by atoms with E-state index in [0.717, 1.165) is 44.1 Å². The van der Waals surface area contributed by atoms with Crippen LogP contribution in [-0.4, -0.2) is 36.2 Å². The number of morpholine rings is 1. The number of ether oxygens (including phenoxy) is 1. The zero-order chi connectivity index (χ0) is 13.7. The lowest BCUT2D eigenvalue weighted by Gasteiger charge is -2.29. The molecule has 0 spiro atoms. The van der Waals surface area contributed by atoms with Crippen molar-refractivity contribution in [2.45, 2.75) is 26.7 Å². The van der Waals surface area contributed by atoms with Crippen molar-refractivity contribution in [3.8, 4) is 0 Å². The highest BCUT2D eigenvalue weighted by Gasteiger charge is 2.13. The van der Waals surface area contributed by atoms with Gasteiger partial charge in [-0.3, -0.25) is 0 Å². The normalized spacial score (nSPS) is 15.8. The SMILES string of the molecule is CC(C)Cc1ccc(CC(=S)N2CCOCC2)cc1. The van der Waals surface area contributed by atoms with Gasteiger partial charge in [0.2, 0.25) is 0 Å². The predicted molar refractivity (Wildman–Crippen MR) is 83.7 cm³/mol. The standard InChI is InChI=1S/C16H23NOS/c1-13(2)11-14-3-5-15(6-4-14)12-16(19)17-7-9-18-10-8-17/h3-6,13H,7-12H2,1-2H3. The van der Waals surface area contributed by atoms with E-state index in [9.17, 15) is 0 Å². The number of nitrogens with zero attached hydrogens (tertiary/aromatic N) is 1. The average molecular weight is 277 g/mol. The van der Waals surface area contributed by atoms with E-state index < -0.39 is 0 Å². The van der Waals surface area contributed by atoms with Crippen LogP contribution in [0.4, 0.5) is 0 Å². The number of hydrogen-bond donors (Lipinski definition) is 0. The maximum atomic E-state index is 5.53. The van der Waals surface area contributed by atoms with Crippen LogP contribution in [0.15, 0.2) is 24.3 Å². The van der Waals surface area contributed by atoms with E-state index in [2.05, 4.69) is 43.0 Å². The first kappa shape index (κ1) is 14.5. The molecule has 0 amide bonds. The van der Waals surface area contributed by atoms with Gasteiger partial charge in [-0.25, -0.2) is 0 Å². The van der Waals surface area contributed by atoms with Gasteiger partial charge in [-0.05, 0) is 23.5 Å². The third kappa shape index (κ3) is 4.59. The lowest BCUT2D eigenvalue weighted by Crippen LogP contribution is -2.40. The highest BCUT2D eigenvalue weighted by atomic mass is 32.1. The van der Waals surface area contributed by atoms with Gasteiger partial charge in [-0.15, -0.1) is 0 Å². The Morgan fingerprint density at radius 3 is 2.32 bits per heavy atom. The zero-order valence-corrected chi connectivity index (χ0v) is 12.7. The van der Waals surface area contributed by atoms with E-state index in [1.807, 2.05) is 0 Å². The van der Waals surface area contributed by atoms with Crippen LogP contribution in [0.25, 0.3) is 0 Å². The fourth-order valence-corrected chi connectivity index (χ4v) is 2.71. The van der Waals surface area contributed by atoms with Gasteiger partial charge < -0.3 is 9.64 Å². The summed E-state index contributed by atoms with van der Waals surface area (Å²) in [6, 6.07) is 8.89. The Kier molecular flexibility index (Phi) is 5.34. The topological polar surface area (TPSA) is 12.5 Å². The van der Waals surface area contributed by atoms with Gasteiger partial charge in [0.25, 0.3) is 0 Å². The Labute approximate surface area is 121 Å². The van der Waals surface area contributed by atoms with Crippen LogP contribution in [0.2, 0.25) is 0 Å². The zero-order valence-electron chi connectivity index (χ0n) is 11.9. The molecule has 104 valence electrons. The molecular weight excluding hydrogens is 254 g/mol. The summed E-state index contributed by atoms with van der Waals surface area (Å²) in [6.45, 7) is 7.97. The summed E-state index contributed by atoms with van der Waals surface area (Å²) in [5.74, 6) is 0.709. The van der Waals surface area contributed by atoms with Crippen molar-refractivity contribution in [1.82, 2.24) is 4.90 Å². The molecule has 1 aromatic carbocycles. The molecule has 2 nitrogen and oxygen atoms in total. The second-order valence-corrected chi connectivity index (χ2v) is 6.06. The molecule has 0 bridgehead atoms. The van der Waals surface area contributed by atoms with Crippen LogP contribution in [-0.2, 0) is 17.6 Å². The minimum atomic E-state index is 0.709. The van der Waals surface area contributed by atoms with E-state index in [1.54, 1.807) is 0 Å². The van der Waals surface area contributed by atoms with Gasteiger partial charge in [-0.1, -0.05) is 50.3 Å². The predicted octanol–water partition coefficient (Wildman–Crippen LogP) is 3.09. The van der Waals surface area contributed by atoms with E-state index >= 15 is 0 Å². The number of hydrogen-bond acceptors (Lipinski definition) is 2. The second-order valence-electron chi connectivity index (χ2n) is 5.58. The Bertz CT molecular complexity index is 407. The van der Waals surface area contributed by atoms with Crippen LogP contribution < -0.4 is 0 Å². The van der Waals surface area contributed by atoms with Gasteiger partial charge in [0.05, 0.1) is 18.2 Å². The molecule has 0 saturated carbocycles. The quantitative estimate of drug-likeness (QED) is 0.785. The van der Waals surface area contributed by atoms with Gasteiger partial charge in [-0.2, -0.15) is 0 Å². The Balaban J connectivity index is 1.89. The minimum Gasteiger partial charge on any atom is -0.378 e. The number of thiocarbonyl (C=S) groups is 1. The molecule has 2 rings (SSSR count). The summed E-state index contributed by atoms with van der Waals surface area (Å²) in [5, 5.41) is 0. The molecule has 0 aliphatic carbocycles. The van der Waals surface area contributed by atoms with Crippen molar-refractivity contribution in [3.05, 3.63) is 35.4 Å². The number of benzene rings is 1. The molecule has 0 atom stereocenters. The highest BCUT2D eigenvalue weighted by Crippen LogP contribution is 2.12. The van der Waals surface area contributed by atoms with E-state index in [4.69, 9.17) is 17.0 Å². The van der Waals surface area contributed by atoms with E-state index in [-0.39, 0.29) is 0 Å². The van der Waals surface area contributed by atoms with Crippen molar-refractivity contribution in [3.63, 3.8) is 0 Å². The van der Waals surface area contributed by atoms with Gasteiger partial charge in [0, 0.05) is 19.5 Å². The Morgan fingerprint density at radius 2 is 1.74 bits per heavy atom. The fraction of sp³-hybridized carbons (Fsp3) is 0.562. The molecule has 3 heteroatoms. The molecule has 1 fully saturated rings. The molecule has 0 aromatic heterocycles. The average Bonchev–Trinajstić information content (AvgIpc) is 2.41. The summed E-state index contributed by atoms with van der Waals surface area (Å²) in [4.78, 5) is 3.31. The van der Waals surface area contributed by atoms with Gasteiger partial charge in [0.1, 0.15) is 0 Å². The van der Waals surface area contributed by atoms with Gasteiger partial charge in [0.15, 0.2) is 0 Å². The van der Waals surface area contributed by atoms with Crippen LogP contribution in [0.1, 0.15) is 25.0 Å². The Hall–Kier alpha value is -0.930. The molecule has 1 heterocycles. The van der Waals surface area contributed by atoms with Crippen molar-refractivity contribution in [1.29, 1.82) is 0 Å². The molecule has 19 heavy (non-hydrogen) atoms. The molecular formula is C16H23NOS. The summed E-state index contributed by atoms with van der Waals surface area (Å²) >= 11 is 5.53. The van der Waals surface area contributed by atoms with Crippen LogP contribution in [0, 0.1) is 5.92 Å². The number of rotatable bonds is 4. The minimum absolute atomic E-state index is 0.709. The first-order chi connectivity index (χ1) is 9.15. The van der Waals surface area contributed by atoms with Crippen molar-refractivity contribution >= 4 is 17.2 Å². The maximum absolute atomic E-state index is 5.53. The van der Waals surface area contributed by atoms with Gasteiger partial charge >= 0.3 is 0 Å². The smallest absolute Gasteiger partial charge is 0.0825 e. The molecule has 0 unspecified atom stereocenters. The van der Waals surface area contributed by atoms with Crippen molar-refractivity contribution in [2.24, 2.45) is 5.92 Å². The molecule has 1 saturated heterocycles. The first-order valence-corrected chi connectivity index (χ1v) is 7.49. The largest absolute Gasteiger partial charge is 0.378 e. The molecule has 1 aromatic rings. The maximum Gasteiger partial charge on any atom is 0.0825 e. The molecule has 0 radical (unpaired) electrons. The van der Waals surface area contributed by atoms with Crippen molar-refractivity contribution in [2.75, 3.05) is 26.3 Å². The monoisotopic (exact) mass is 277 g/mol. The third-order valence-electron chi connectivity index (χ3n) is 3.39. The third-order valence-corrected chi connectivity index (χ3v) is 3.79. The first-order valence-electron chi connectivity index (χ1n) is 7.08. The van der Waals surface area contributed by atoms with Crippen molar-refractivity contribution < 1.29 is 4.74 Å². The summed E-state index contributed by atoms with van der Waals surface area (Å²) < 4.78 is 5.35. The molecule has 0 N–H and O–H groups in total. The summed E-state index contributed by atoms with van der Waals surface area (Å²) in [5.41, 5.74) is 2.72. The van der Waals surface area contributed by atoms with E-state index in [0.29, 0.717) is 5.92 Å². The lowest BCUT2D eigenvalue weighted by atomic mass is 10.0. The van der Waals surface area contributed by atoms with Crippen LogP contribution >= 0.6 is 12.2 Å². The summed E-state index contributed by atoms with van der Waals surface area (Å²) in [7, 11) is 0. The van der Waals surface area contributed by atoms with E-state index in [1.165, 1.54) is 11.1 Å². The lowest BCUT2D eigenvalue weighted by molar-refractivity contribution is 0.0685. The fourth-order valence-electron chi connectivity index (χ4n) is 2.36.